The van der Waals surface area contributed by atoms with Gasteiger partial charge in [-0.2, -0.15) is 0 Å². The van der Waals surface area contributed by atoms with E-state index in [2.05, 4.69) is 24.5 Å². The number of fused-ring (bicyclic) bond motifs is 2. The number of aryl methyl sites for hydroxylation is 2. The number of hydrogen-bond donors (Lipinski definition) is 2. The lowest BCUT2D eigenvalue weighted by Crippen LogP contribution is -2.40. The number of hydrogen-bond acceptors (Lipinski definition) is 4. The number of aromatic nitrogens is 2. The van der Waals surface area contributed by atoms with Crippen molar-refractivity contribution in [3.63, 3.8) is 0 Å². The third kappa shape index (κ3) is 4.07. The van der Waals surface area contributed by atoms with Crippen molar-refractivity contribution in [2.75, 3.05) is 13.1 Å². The second-order valence-corrected chi connectivity index (χ2v) is 7.90. The second-order valence-electron chi connectivity index (χ2n) is 7.90. The van der Waals surface area contributed by atoms with Crippen LogP contribution in [0.25, 0.3) is 21.8 Å². The lowest BCUT2D eigenvalue weighted by atomic mass is 10.1. The molecule has 1 unspecified atom stereocenters. The first-order valence-electron chi connectivity index (χ1n) is 9.69. The summed E-state index contributed by atoms with van der Waals surface area (Å²) in [5.74, 6) is 0.325. The van der Waals surface area contributed by atoms with Crippen LogP contribution in [-0.2, 0) is 7.05 Å². The van der Waals surface area contributed by atoms with E-state index in [0.717, 1.165) is 23.0 Å². The number of carbonyl (C=O) groups excluding carboxylic acids is 1. The number of benzene rings is 1. The average Bonchev–Trinajstić information content (AvgIpc) is 2.66. The molecule has 1 amide bonds. The van der Waals surface area contributed by atoms with Crippen molar-refractivity contribution >= 4 is 27.7 Å². The van der Waals surface area contributed by atoms with Crippen molar-refractivity contribution in [2.24, 2.45) is 13.0 Å². The summed E-state index contributed by atoms with van der Waals surface area (Å²) in [6.45, 7) is 9.70. The highest BCUT2D eigenvalue weighted by atomic mass is 16.2. The van der Waals surface area contributed by atoms with E-state index < -0.39 is 0 Å². The second kappa shape index (κ2) is 8.10. The summed E-state index contributed by atoms with van der Waals surface area (Å²) in [6.07, 6.45) is 1.57. The molecule has 3 aromatic rings. The van der Waals surface area contributed by atoms with E-state index in [-0.39, 0.29) is 17.5 Å². The fraction of sp³-hybridized carbons (Fsp3) is 0.409. The molecule has 6 nitrogen and oxygen atoms in total. The first kappa shape index (κ1) is 20.0. The van der Waals surface area contributed by atoms with Gasteiger partial charge in [0.05, 0.1) is 22.0 Å². The maximum Gasteiger partial charge on any atom is 0.259 e. The highest BCUT2D eigenvalue weighted by Gasteiger charge is 2.17. The van der Waals surface area contributed by atoms with E-state index >= 15 is 0 Å². The van der Waals surface area contributed by atoms with Crippen LogP contribution < -0.4 is 16.2 Å². The number of amides is 1. The average molecular weight is 380 g/mol. The van der Waals surface area contributed by atoms with Gasteiger partial charge in [-0.15, -0.1) is 0 Å². The monoisotopic (exact) mass is 380 g/mol. The van der Waals surface area contributed by atoms with Gasteiger partial charge >= 0.3 is 0 Å². The number of nitrogens with zero attached hydrogens (tertiary/aromatic N) is 2. The molecule has 2 aromatic heterocycles. The molecule has 0 bridgehead atoms. The first-order chi connectivity index (χ1) is 13.3. The van der Waals surface area contributed by atoms with Crippen LogP contribution in [0.4, 0.5) is 0 Å². The highest BCUT2D eigenvalue weighted by Crippen LogP contribution is 2.22. The van der Waals surface area contributed by atoms with Crippen molar-refractivity contribution in [3.8, 4) is 0 Å². The molecule has 1 atom stereocenters. The van der Waals surface area contributed by atoms with Gasteiger partial charge in [0.25, 0.3) is 11.5 Å². The largest absolute Gasteiger partial charge is 0.350 e. The Bertz CT molecular complexity index is 1090. The number of nitrogens with one attached hydrogen (secondary N) is 2. The molecule has 0 fully saturated rings. The zero-order chi connectivity index (χ0) is 20.4. The van der Waals surface area contributed by atoms with Crippen molar-refractivity contribution < 1.29 is 4.79 Å². The van der Waals surface area contributed by atoms with E-state index in [0.29, 0.717) is 28.9 Å². The summed E-state index contributed by atoms with van der Waals surface area (Å²) in [5.41, 5.74) is 2.53. The highest BCUT2D eigenvalue weighted by molar-refractivity contribution is 6.07. The standard InChI is InChI=1S/C22H28N4O2/c1-13(2)10-23-15(4)11-24-21(27)18-12-26(5)22(28)17-9-16-8-6-7-14(3)19(16)25-20(17)18/h6-9,12-13,15,23H,10-11H2,1-5H3,(H,24,27). The van der Waals surface area contributed by atoms with E-state index in [1.807, 2.05) is 38.1 Å². The quantitative estimate of drug-likeness (QED) is 0.645. The molecule has 0 saturated carbocycles. The topological polar surface area (TPSA) is 76.0 Å². The third-order valence-corrected chi connectivity index (χ3v) is 4.86. The van der Waals surface area contributed by atoms with Gasteiger partial charge < -0.3 is 15.2 Å². The summed E-state index contributed by atoms with van der Waals surface area (Å²) >= 11 is 0. The molecule has 0 saturated heterocycles. The fourth-order valence-corrected chi connectivity index (χ4v) is 3.23. The van der Waals surface area contributed by atoms with Gasteiger partial charge in [-0.25, -0.2) is 4.98 Å². The molecule has 1 aromatic carbocycles. The Hall–Kier alpha value is -2.73. The van der Waals surface area contributed by atoms with Crippen molar-refractivity contribution in [1.82, 2.24) is 20.2 Å². The molecule has 2 heterocycles. The molecule has 148 valence electrons. The summed E-state index contributed by atoms with van der Waals surface area (Å²) in [4.78, 5) is 30.2. The van der Waals surface area contributed by atoms with Gasteiger partial charge in [0.15, 0.2) is 0 Å². The van der Waals surface area contributed by atoms with Crippen LogP contribution in [0.3, 0.4) is 0 Å². The molecule has 0 radical (unpaired) electrons. The van der Waals surface area contributed by atoms with E-state index in [9.17, 15) is 9.59 Å². The van der Waals surface area contributed by atoms with Crippen LogP contribution in [0.15, 0.2) is 35.3 Å². The molecule has 0 aliphatic heterocycles. The summed E-state index contributed by atoms with van der Waals surface area (Å²) in [6, 6.07) is 7.84. The van der Waals surface area contributed by atoms with E-state index in [4.69, 9.17) is 4.98 Å². The van der Waals surface area contributed by atoms with Gasteiger partial charge in [0.2, 0.25) is 0 Å². The number of carbonyl (C=O) groups is 1. The minimum atomic E-state index is -0.223. The van der Waals surface area contributed by atoms with Crippen molar-refractivity contribution in [3.05, 3.63) is 51.9 Å². The minimum Gasteiger partial charge on any atom is -0.350 e. The molecular weight excluding hydrogens is 352 g/mol. The number of rotatable bonds is 6. The van der Waals surface area contributed by atoms with Gasteiger partial charge in [-0.05, 0) is 37.9 Å². The molecule has 0 aliphatic rings. The van der Waals surface area contributed by atoms with Crippen molar-refractivity contribution in [1.29, 1.82) is 0 Å². The molecule has 3 rings (SSSR count). The zero-order valence-electron chi connectivity index (χ0n) is 17.2. The van der Waals surface area contributed by atoms with Gasteiger partial charge in [0, 0.05) is 31.2 Å². The van der Waals surface area contributed by atoms with Crippen LogP contribution in [-0.4, -0.2) is 34.6 Å². The van der Waals surface area contributed by atoms with Gasteiger partial charge in [-0.1, -0.05) is 32.0 Å². The Morgan fingerprint density at radius 2 is 1.93 bits per heavy atom. The Balaban J connectivity index is 1.98. The third-order valence-electron chi connectivity index (χ3n) is 4.86. The number of para-hydroxylation sites is 1. The van der Waals surface area contributed by atoms with Crippen LogP contribution in [0.1, 0.15) is 36.7 Å². The smallest absolute Gasteiger partial charge is 0.259 e. The fourth-order valence-electron chi connectivity index (χ4n) is 3.23. The maximum absolute atomic E-state index is 12.9. The minimum absolute atomic E-state index is 0.154. The molecule has 0 aliphatic carbocycles. The lowest BCUT2D eigenvalue weighted by Gasteiger charge is -2.17. The van der Waals surface area contributed by atoms with Crippen LogP contribution in [0.2, 0.25) is 0 Å². The predicted octanol–water partition coefficient (Wildman–Crippen LogP) is 2.76. The Morgan fingerprint density at radius 1 is 1.18 bits per heavy atom. The lowest BCUT2D eigenvalue weighted by molar-refractivity contribution is 0.0951. The summed E-state index contributed by atoms with van der Waals surface area (Å²) < 4.78 is 1.45. The summed E-state index contributed by atoms with van der Waals surface area (Å²) in [7, 11) is 1.66. The molecule has 0 spiro atoms. The SMILES string of the molecule is Cc1cccc2cc3c(=O)n(C)cc(C(=O)NCC(C)NCC(C)C)c3nc12. The predicted molar refractivity (Wildman–Crippen MR) is 114 cm³/mol. The molecular formula is C22H28N4O2. The van der Waals surface area contributed by atoms with Crippen LogP contribution in [0, 0.1) is 12.8 Å². The summed E-state index contributed by atoms with van der Waals surface area (Å²) in [5, 5.41) is 7.71. The first-order valence-corrected chi connectivity index (χ1v) is 9.69. The van der Waals surface area contributed by atoms with E-state index in [1.165, 1.54) is 4.57 Å². The molecule has 28 heavy (non-hydrogen) atoms. The van der Waals surface area contributed by atoms with Crippen LogP contribution >= 0.6 is 0 Å². The zero-order valence-corrected chi connectivity index (χ0v) is 17.2. The van der Waals surface area contributed by atoms with E-state index in [1.54, 1.807) is 13.2 Å². The van der Waals surface area contributed by atoms with Gasteiger partial charge in [0.1, 0.15) is 0 Å². The molecule has 2 N–H and O–H groups in total. The Labute approximate surface area is 165 Å². The Morgan fingerprint density at radius 3 is 2.64 bits per heavy atom. The Kier molecular flexibility index (Phi) is 5.79. The normalized spacial score (nSPS) is 12.6. The molecule has 6 heteroatoms. The van der Waals surface area contributed by atoms with Crippen LogP contribution in [0.5, 0.6) is 0 Å². The maximum atomic E-state index is 12.9. The number of pyridine rings is 2. The van der Waals surface area contributed by atoms with Crippen molar-refractivity contribution in [2.45, 2.75) is 33.7 Å². The van der Waals surface area contributed by atoms with Gasteiger partial charge in [-0.3, -0.25) is 9.59 Å².